The predicted octanol–water partition coefficient (Wildman–Crippen LogP) is 4.72. The molecule has 4 heteroatoms. The Bertz CT molecular complexity index is 680. The molecule has 2 nitrogen and oxygen atoms in total. The van der Waals surface area contributed by atoms with Crippen molar-refractivity contribution in [2.75, 3.05) is 5.33 Å². The highest BCUT2D eigenvalue weighted by molar-refractivity contribution is 9.10. The van der Waals surface area contributed by atoms with Gasteiger partial charge in [0.15, 0.2) is 5.78 Å². The molecule has 0 unspecified atom stereocenters. The zero-order valence-electron chi connectivity index (χ0n) is 10.7. The van der Waals surface area contributed by atoms with E-state index in [2.05, 4.69) is 44.0 Å². The molecule has 0 amide bonds. The van der Waals surface area contributed by atoms with Crippen molar-refractivity contribution in [3.05, 3.63) is 57.6 Å². The SMILES string of the molecule is O=C(CBr)c1ccc2c(c1)COCc1cc(Br)ccc1-2. The standard InChI is InChI=1S/C16H12Br2O2/c17-7-16(19)10-1-3-14-11(5-10)8-20-9-12-6-13(18)2-4-15(12)14/h1-6H,7-9H2. The summed E-state index contributed by atoms with van der Waals surface area (Å²) >= 11 is 6.70. The maximum absolute atomic E-state index is 11.8. The lowest BCUT2D eigenvalue weighted by Gasteiger charge is -2.10. The van der Waals surface area contributed by atoms with Gasteiger partial charge in [-0.2, -0.15) is 0 Å². The second kappa shape index (κ2) is 5.80. The first-order valence-electron chi connectivity index (χ1n) is 6.27. The van der Waals surface area contributed by atoms with Crippen molar-refractivity contribution in [2.24, 2.45) is 0 Å². The number of halogens is 2. The normalized spacial score (nSPS) is 13.3. The summed E-state index contributed by atoms with van der Waals surface area (Å²) in [7, 11) is 0. The topological polar surface area (TPSA) is 26.3 Å². The van der Waals surface area contributed by atoms with E-state index in [0.29, 0.717) is 18.5 Å². The van der Waals surface area contributed by atoms with Crippen molar-refractivity contribution in [1.82, 2.24) is 0 Å². The summed E-state index contributed by atoms with van der Waals surface area (Å²) in [4.78, 5) is 11.8. The summed E-state index contributed by atoms with van der Waals surface area (Å²) in [6.07, 6.45) is 0. The Hall–Kier alpha value is -0.970. The van der Waals surface area contributed by atoms with E-state index < -0.39 is 0 Å². The van der Waals surface area contributed by atoms with Crippen molar-refractivity contribution in [1.29, 1.82) is 0 Å². The van der Waals surface area contributed by atoms with Gasteiger partial charge < -0.3 is 4.74 Å². The van der Waals surface area contributed by atoms with E-state index in [4.69, 9.17) is 4.74 Å². The minimum absolute atomic E-state index is 0.0908. The molecule has 20 heavy (non-hydrogen) atoms. The van der Waals surface area contributed by atoms with E-state index in [1.54, 1.807) is 0 Å². The van der Waals surface area contributed by atoms with Crippen LogP contribution in [0.1, 0.15) is 21.5 Å². The van der Waals surface area contributed by atoms with Gasteiger partial charge in [-0.05, 0) is 40.5 Å². The molecular formula is C16H12Br2O2. The highest BCUT2D eigenvalue weighted by Gasteiger charge is 2.16. The predicted molar refractivity (Wildman–Crippen MR) is 86.2 cm³/mol. The number of carbonyl (C=O) groups excluding carboxylic acids is 1. The molecule has 3 rings (SSSR count). The largest absolute Gasteiger partial charge is 0.372 e. The van der Waals surface area contributed by atoms with Gasteiger partial charge in [-0.1, -0.05) is 50.1 Å². The number of ether oxygens (including phenoxy) is 1. The molecule has 102 valence electrons. The molecule has 1 aliphatic heterocycles. The van der Waals surface area contributed by atoms with Gasteiger partial charge in [-0.3, -0.25) is 4.79 Å². The number of hydrogen-bond donors (Lipinski definition) is 0. The quantitative estimate of drug-likeness (QED) is 0.543. The summed E-state index contributed by atoms with van der Waals surface area (Å²) in [5.74, 6) is 0.0908. The molecule has 1 aliphatic rings. The first kappa shape index (κ1) is 14.0. The minimum Gasteiger partial charge on any atom is -0.372 e. The van der Waals surface area contributed by atoms with E-state index in [1.807, 2.05) is 24.3 Å². The average molecular weight is 396 g/mol. The first-order valence-corrected chi connectivity index (χ1v) is 8.19. The minimum atomic E-state index is 0.0908. The van der Waals surface area contributed by atoms with E-state index in [0.717, 1.165) is 26.7 Å². The van der Waals surface area contributed by atoms with Crippen LogP contribution in [0.4, 0.5) is 0 Å². The van der Waals surface area contributed by atoms with Crippen LogP contribution >= 0.6 is 31.9 Å². The molecule has 0 bridgehead atoms. The fourth-order valence-corrected chi connectivity index (χ4v) is 3.17. The number of benzene rings is 2. The molecule has 0 N–H and O–H groups in total. The summed E-state index contributed by atoms with van der Waals surface area (Å²) in [5, 5.41) is 0.343. The molecule has 0 aromatic heterocycles. The molecule has 0 aliphatic carbocycles. The fourth-order valence-electron chi connectivity index (χ4n) is 2.44. The Labute approximate surface area is 134 Å². The summed E-state index contributed by atoms with van der Waals surface area (Å²) < 4.78 is 6.78. The average Bonchev–Trinajstić information content (AvgIpc) is 2.64. The monoisotopic (exact) mass is 394 g/mol. The van der Waals surface area contributed by atoms with Gasteiger partial charge in [0.2, 0.25) is 0 Å². The Morgan fingerprint density at radius 3 is 2.40 bits per heavy atom. The number of carbonyl (C=O) groups is 1. The number of hydrogen-bond acceptors (Lipinski definition) is 2. The van der Waals surface area contributed by atoms with Gasteiger partial charge >= 0.3 is 0 Å². The second-order valence-corrected chi connectivity index (χ2v) is 6.20. The van der Waals surface area contributed by atoms with Gasteiger partial charge in [0, 0.05) is 10.0 Å². The van der Waals surface area contributed by atoms with E-state index in [1.165, 1.54) is 5.56 Å². The Morgan fingerprint density at radius 2 is 1.70 bits per heavy atom. The maximum Gasteiger partial charge on any atom is 0.173 e. The van der Waals surface area contributed by atoms with Gasteiger partial charge in [-0.25, -0.2) is 0 Å². The molecule has 1 heterocycles. The van der Waals surface area contributed by atoms with Crippen molar-refractivity contribution in [3.63, 3.8) is 0 Å². The lowest BCUT2D eigenvalue weighted by molar-refractivity contribution is 0.102. The number of fused-ring (bicyclic) bond motifs is 3. The lowest BCUT2D eigenvalue weighted by Crippen LogP contribution is -2.01. The van der Waals surface area contributed by atoms with Crippen molar-refractivity contribution in [3.8, 4) is 11.1 Å². The molecule has 2 aromatic rings. The van der Waals surface area contributed by atoms with Crippen molar-refractivity contribution >= 4 is 37.6 Å². The molecule has 0 radical (unpaired) electrons. The fraction of sp³-hybridized carbons (Fsp3) is 0.188. The van der Waals surface area contributed by atoms with Crippen LogP contribution in [0.15, 0.2) is 40.9 Å². The summed E-state index contributed by atoms with van der Waals surface area (Å²) in [5.41, 5.74) is 5.29. The van der Waals surface area contributed by atoms with Crippen LogP contribution in [-0.4, -0.2) is 11.1 Å². The van der Waals surface area contributed by atoms with Crippen molar-refractivity contribution < 1.29 is 9.53 Å². The van der Waals surface area contributed by atoms with Crippen LogP contribution in [0.25, 0.3) is 11.1 Å². The van der Waals surface area contributed by atoms with Crippen LogP contribution in [0.3, 0.4) is 0 Å². The van der Waals surface area contributed by atoms with Crippen LogP contribution in [0.5, 0.6) is 0 Å². The molecule has 0 fully saturated rings. The van der Waals surface area contributed by atoms with E-state index >= 15 is 0 Å². The van der Waals surface area contributed by atoms with Crippen LogP contribution < -0.4 is 0 Å². The highest BCUT2D eigenvalue weighted by Crippen LogP contribution is 2.33. The van der Waals surface area contributed by atoms with Gasteiger partial charge in [-0.15, -0.1) is 0 Å². The van der Waals surface area contributed by atoms with Crippen LogP contribution in [0, 0.1) is 0 Å². The zero-order chi connectivity index (χ0) is 14.1. The van der Waals surface area contributed by atoms with Crippen LogP contribution in [0.2, 0.25) is 0 Å². The Kier molecular flexibility index (Phi) is 4.06. The van der Waals surface area contributed by atoms with Gasteiger partial charge in [0.05, 0.1) is 18.5 Å². The number of ketones is 1. The molecule has 0 atom stereocenters. The van der Waals surface area contributed by atoms with Gasteiger partial charge in [0.1, 0.15) is 0 Å². The lowest BCUT2D eigenvalue weighted by atomic mass is 9.94. The molecule has 0 spiro atoms. The molecular weight excluding hydrogens is 384 g/mol. The first-order chi connectivity index (χ1) is 9.69. The highest BCUT2D eigenvalue weighted by atomic mass is 79.9. The second-order valence-electron chi connectivity index (χ2n) is 4.72. The zero-order valence-corrected chi connectivity index (χ0v) is 13.8. The molecule has 0 saturated heterocycles. The number of Topliss-reactive ketones (excluding diaryl/α,β-unsaturated/α-hetero) is 1. The number of rotatable bonds is 2. The van der Waals surface area contributed by atoms with E-state index in [9.17, 15) is 4.79 Å². The Balaban J connectivity index is 2.13. The van der Waals surface area contributed by atoms with Gasteiger partial charge in [0.25, 0.3) is 0 Å². The molecule has 0 saturated carbocycles. The third-order valence-corrected chi connectivity index (χ3v) is 4.42. The Morgan fingerprint density at radius 1 is 1.05 bits per heavy atom. The van der Waals surface area contributed by atoms with Crippen molar-refractivity contribution in [2.45, 2.75) is 13.2 Å². The number of alkyl halides is 1. The third-order valence-electron chi connectivity index (χ3n) is 3.42. The summed E-state index contributed by atoms with van der Waals surface area (Å²) in [6, 6.07) is 12.1. The van der Waals surface area contributed by atoms with E-state index in [-0.39, 0.29) is 5.78 Å². The third kappa shape index (κ3) is 2.60. The smallest absolute Gasteiger partial charge is 0.173 e. The molecule has 2 aromatic carbocycles. The van der Waals surface area contributed by atoms with Crippen LogP contribution in [-0.2, 0) is 18.0 Å². The maximum atomic E-state index is 11.8. The summed E-state index contributed by atoms with van der Waals surface area (Å²) in [6.45, 7) is 1.12.